The fourth-order valence-corrected chi connectivity index (χ4v) is 3.50. The fraction of sp³-hybridized carbons (Fsp3) is 0.450. The standard InChI is InChI=1S/C20H25N5O/c1-15(2)19-22-20(26-23-19)18-5-3-4-11-24(18)13-16-6-8-17(9-7-16)25-12-10-21-14-25/h6-10,12,14-15,18H,3-5,11,13H2,1-2H3/t18-/m1/s1. The summed E-state index contributed by atoms with van der Waals surface area (Å²) in [6.07, 6.45) is 9.07. The minimum Gasteiger partial charge on any atom is -0.338 e. The Kier molecular flexibility index (Phi) is 4.84. The van der Waals surface area contributed by atoms with Gasteiger partial charge in [-0.15, -0.1) is 0 Å². The van der Waals surface area contributed by atoms with Gasteiger partial charge in [-0.25, -0.2) is 4.98 Å². The lowest BCUT2D eigenvalue weighted by atomic mass is 10.0. The molecule has 3 aromatic rings. The predicted molar refractivity (Wildman–Crippen MR) is 99.0 cm³/mol. The van der Waals surface area contributed by atoms with Crippen LogP contribution < -0.4 is 0 Å². The SMILES string of the molecule is CC(C)c1noc([C@H]2CCCCN2Cc2ccc(-n3ccnc3)cc2)n1. The lowest BCUT2D eigenvalue weighted by Crippen LogP contribution is -2.33. The van der Waals surface area contributed by atoms with Crippen LogP contribution in [0, 0.1) is 0 Å². The number of nitrogens with zero attached hydrogens (tertiary/aromatic N) is 5. The minimum atomic E-state index is 0.220. The van der Waals surface area contributed by atoms with Crippen molar-refractivity contribution < 1.29 is 4.52 Å². The van der Waals surface area contributed by atoms with Crippen molar-refractivity contribution in [3.63, 3.8) is 0 Å². The van der Waals surface area contributed by atoms with Gasteiger partial charge in [-0.1, -0.05) is 37.6 Å². The van der Waals surface area contributed by atoms with Crippen molar-refractivity contribution >= 4 is 0 Å². The Morgan fingerprint density at radius 1 is 1.19 bits per heavy atom. The molecule has 0 spiro atoms. The van der Waals surface area contributed by atoms with Crippen LogP contribution in [0.15, 0.2) is 47.5 Å². The van der Waals surface area contributed by atoms with Gasteiger partial charge < -0.3 is 9.09 Å². The maximum atomic E-state index is 5.59. The molecule has 1 aliphatic rings. The molecule has 0 amide bonds. The van der Waals surface area contributed by atoms with Gasteiger partial charge in [0.25, 0.3) is 0 Å². The summed E-state index contributed by atoms with van der Waals surface area (Å²) in [7, 11) is 0. The highest BCUT2D eigenvalue weighted by Crippen LogP contribution is 2.32. The second-order valence-corrected chi connectivity index (χ2v) is 7.26. The molecule has 1 aliphatic heterocycles. The molecule has 0 radical (unpaired) electrons. The van der Waals surface area contributed by atoms with E-state index in [1.165, 1.54) is 18.4 Å². The van der Waals surface area contributed by atoms with E-state index in [9.17, 15) is 0 Å². The van der Waals surface area contributed by atoms with Gasteiger partial charge in [0, 0.05) is 30.5 Å². The summed E-state index contributed by atoms with van der Waals surface area (Å²) in [6, 6.07) is 8.87. The summed E-state index contributed by atoms with van der Waals surface area (Å²) in [6.45, 7) is 6.14. The van der Waals surface area contributed by atoms with Gasteiger partial charge in [0.2, 0.25) is 5.89 Å². The van der Waals surface area contributed by atoms with Crippen LogP contribution in [-0.2, 0) is 6.54 Å². The molecule has 0 saturated carbocycles. The Balaban J connectivity index is 1.49. The first-order valence-corrected chi connectivity index (χ1v) is 9.35. The maximum absolute atomic E-state index is 5.59. The number of hydrogen-bond acceptors (Lipinski definition) is 5. The first-order chi connectivity index (χ1) is 12.7. The van der Waals surface area contributed by atoms with E-state index in [2.05, 4.69) is 58.1 Å². The molecule has 0 aliphatic carbocycles. The zero-order valence-electron chi connectivity index (χ0n) is 15.4. The molecule has 4 rings (SSSR count). The van der Waals surface area contributed by atoms with E-state index >= 15 is 0 Å². The molecule has 0 unspecified atom stereocenters. The van der Waals surface area contributed by atoms with Crippen LogP contribution in [0.4, 0.5) is 0 Å². The van der Waals surface area contributed by atoms with Crippen LogP contribution in [0.1, 0.15) is 62.3 Å². The van der Waals surface area contributed by atoms with Crippen LogP contribution in [0.5, 0.6) is 0 Å². The molecular weight excluding hydrogens is 326 g/mol. The number of imidazole rings is 1. The van der Waals surface area contributed by atoms with Crippen molar-refractivity contribution in [1.29, 1.82) is 0 Å². The van der Waals surface area contributed by atoms with Crippen molar-refractivity contribution in [2.45, 2.75) is 51.6 Å². The van der Waals surface area contributed by atoms with E-state index in [1.807, 2.05) is 17.1 Å². The highest BCUT2D eigenvalue weighted by atomic mass is 16.5. The Bertz CT molecular complexity index is 822. The largest absolute Gasteiger partial charge is 0.338 e. The molecule has 136 valence electrons. The van der Waals surface area contributed by atoms with Crippen molar-refractivity contribution in [1.82, 2.24) is 24.6 Å². The first-order valence-electron chi connectivity index (χ1n) is 9.35. The molecule has 0 N–H and O–H groups in total. The van der Waals surface area contributed by atoms with Crippen molar-refractivity contribution in [3.05, 3.63) is 60.3 Å². The number of likely N-dealkylation sites (tertiary alicyclic amines) is 1. The zero-order chi connectivity index (χ0) is 17.9. The fourth-order valence-electron chi connectivity index (χ4n) is 3.50. The van der Waals surface area contributed by atoms with Crippen LogP contribution in [0.2, 0.25) is 0 Å². The van der Waals surface area contributed by atoms with Crippen LogP contribution >= 0.6 is 0 Å². The number of piperidine rings is 1. The molecule has 0 bridgehead atoms. The summed E-state index contributed by atoms with van der Waals surface area (Å²) in [5.74, 6) is 1.86. The number of rotatable bonds is 5. The van der Waals surface area contributed by atoms with Crippen molar-refractivity contribution in [2.24, 2.45) is 0 Å². The lowest BCUT2D eigenvalue weighted by molar-refractivity contribution is 0.111. The van der Waals surface area contributed by atoms with Gasteiger partial charge in [0.05, 0.1) is 12.4 Å². The monoisotopic (exact) mass is 351 g/mol. The third-order valence-electron chi connectivity index (χ3n) is 5.00. The van der Waals surface area contributed by atoms with Gasteiger partial charge in [0.1, 0.15) is 0 Å². The Morgan fingerprint density at radius 2 is 2.04 bits per heavy atom. The van der Waals surface area contributed by atoms with E-state index in [0.29, 0.717) is 5.92 Å². The van der Waals surface area contributed by atoms with E-state index < -0.39 is 0 Å². The highest BCUT2D eigenvalue weighted by Gasteiger charge is 2.29. The molecule has 1 saturated heterocycles. The number of hydrogen-bond donors (Lipinski definition) is 0. The molecule has 3 heterocycles. The van der Waals surface area contributed by atoms with Crippen molar-refractivity contribution in [3.8, 4) is 5.69 Å². The summed E-state index contributed by atoms with van der Waals surface area (Å²) >= 11 is 0. The average Bonchev–Trinajstić information content (AvgIpc) is 3.35. The Labute approximate surface area is 153 Å². The van der Waals surface area contributed by atoms with Crippen LogP contribution in [-0.4, -0.2) is 31.1 Å². The Morgan fingerprint density at radius 3 is 2.73 bits per heavy atom. The van der Waals surface area contributed by atoms with E-state index in [0.717, 1.165) is 36.9 Å². The quantitative estimate of drug-likeness (QED) is 0.692. The van der Waals surface area contributed by atoms with E-state index in [1.54, 1.807) is 6.20 Å². The first kappa shape index (κ1) is 17.0. The molecule has 2 aromatic heterocycles. The average molecular weight is 351 g/mol. The molecule has 1 aromatic carbocycles. The Hall–Kier alpha value is -2.47. The maximum Gasteiger partial charge on any atom is 0.244 e. The summed E-state index contributed by atoms with van der Waals surface area (Å²) < 4.78 is 7.60. The number of benzene rings is 1. The van der Waals surface area contributed by atoms with E-state index in [-0.39, 0.29) is 6.04 Å². The van der Waals surface area contributed by atoms with Crippen LogP contribution in [0.25, 0.3) is 5.69 Å². The van der Waals surface area contributed by atoms with Gasteiger partial charge in [-0.3, -0.25) is 4.90 Å². The van der Waals surface area contributed by atoms with Gasteiger partial charge in [-0.2, -0.15) is 4.98 Å². The number of aromatic nitrogens is 4. The summed E-state index contributed by atoms with van der Waals surface area (Å²) in [5.41, 5.74) is 2.42. The van der Waals surface area contributed by atoms with Gasteiger partial charge in [0.15, 0.2) is 5.82 Å². The topological polar surface area (TPSA) is 60.0 Å². The van der Waals surface area contributed by atoms with Gasteiger partial charge in [-0.05, 0) is 37.1 Å². The molecular formula is C20H25N5O. The second kappa shape index (κ2) is 7.41. The molecule has 6 heteroatoms. The lowest BCUT2D eigenvalue weighted by Gasteiger charge is -2.33. The minimum absolute atomic E-state index is 0.220. The summed E-state index contributed by atoms with van der Waals surface area (Å²) in [5, 5.41) is 4.15. The highest BCUT2D eigenvalue weighted by molar-refractivity contribution is 5.34. The zero-order valence-corrected chi connectivity index (χ0v) is 15.4. The third kappa shape index (κ3) is 3.55. The van der Waals surface area contributed by atoms with Crippen LogP contribution in [0.3, 0.4) is 0 Å². The third-order valence-corrected chi connectivity index (χ3v) is 5.00. The summed E-state index contributed by atoms with van der Waals surface area (Å²) in [4.78, 5) is 11.2. The van der Waals surface area contributed by atoms with E-state index in [4.69, 9.17) is 4.52 Å². The predicted octanol–water partition coefficient (Wildman–Crippen LogP) is 4.11. The molecule has 6 nitrogen and oxygen atoms in total. The van der Waals surface area contributed by atoms with Crippen molar-refractivity contribution in [2.75, 3.05) is 6.54 Å². The second-order valence-electron chi connectivity index (χ2n) is 7.26. The normalized spacial score (nSPS) is 18.5. The smallest absolute Gasteiger partial charge is 0.244 e. The molecule has 1 atom stereocenters. The molecule has 1 fully saturated rings. The van der Waals surface area contributed by atoms with Gasteiger partial charge >= 0.3 is 0 Å². The molecule has 26 heavy (non-hydrogen) atoms.